The SMILES string of the molecule is Cc1ccc(Sc2ccc(C=NNC(=O)c3cccc(C(F)(F)F)c3)o2)cc1. The van der Waals surface area contributed by atoms with Crippen LogP contribution in [0.1, 0.15) is 27.2 Å². The third-order valence-electron chi connectivity index (χ3n) is 3.65. The van der Waals surface area contributed by atoms with Gasteiger partial charge in [-0.25, -0.2) is 5.43 Å². The van der Waals surface area contributed by atoms with E-state index < -0.39 is 17.6 Å². The third kappa shape index (κ3) is 5.26. The molecule has 0 spiro atoms. The van der Waals surface area contributed by atoms with Gasteiger partial charge in [-0.2, -0.15) is 18.3 Å². The number of benzene rings is 2. The quantitative estimate of drug-likeness (QED) is 0.450. The monoisotopic (exact) mass is 404 g/mol. The molecule has 3 aromatic rings. The highest BCUT2D eigenvalue weighted by Gasteiger charge is 2.30. The lowest BCUT2D eigenvalue weighted by atomic mass is 10.1. The summed E-state index contributed by atoms with van der Waals surface area (Å²) in [5.41, 5.74) is 2.32. The molecule has 0 aliphatic rings. The summed E-state index contributed by atoms with van der Waals surface area (Å²) in [6.45, 7) is 2.00. The molecule has 0 atom stereocenters. The van der Waals surface area contributed by atoms with E-state index in [0.717, 1.165) is 22.6 Å². The van der Waals surface area contributed by atoms with E-state index in [1.54, 1.807) is 12.1 Å². The van der Waals surface area contributed by atoms with Crippen LogP contribution < -0.4 is 5.43 Å². The van der Waals surface area contributed by atoms with E-state index in [4.69, 9.17) is 4.42 Å². The normalized spacial score (nSPS) is 11.7. The lowest BCUT2D eigenvalue weighted by Gasteiger charge is -2.07. The highest BCUT2D eigenvalue weighted by atomic mass is 32.2. The Bertz CT molecular complexity index is 995. The standard InChI is InChI=1S/C20H15F3N2O2S/c1-13-5-8-17(9-6-13)28-18-10-7-16(27-18)12-24-25-19(26)14-3-2-4-15(11-14)20(21,22)23/h2-12H,1H3,(H,25,26). The molecule has 1 aromatic heterocycles. The van der Waals surface area contributed by atoms with Crippen LogP contribution >= 0.6 is 11.8 Å². The zero-order chi connectivity index (χ0) is 20.1. The zero-order valence-electron chi connectivity index (χ0n) is 14.7. The fourth-order valence-electron chi connectivity index (χ4n) is 2.24. The van der Waals surface area contributed by atoms with Gasteiger partial charge in [0.1, 0.15) is 5.76 Å². The van der Waals surface area contributed by atoms with Gasteiger partial charge in [-0.15, -0.1) is 0 Å². The van der Waals surface area contributed by atoms with Crippen LogP contribution in [-0.2, 0) is 6.18 Å². The second-order valence-corrected chi connectivity index (χ2v) is 6.93. The van der Waals surface area contributed by atoms with E-state index in [2.05, 4.69) is 10.5 Å². The van der Waals surface area contributed by atoms with Gasteiger partial charge in [0.05, 0.1) is 11.8 Å². The third-order valence-corrected chi connectivity index (χ3v) is 4.58. The van der Waals surface area contributed by atoms with Gasteiger partial charge in [0, 0.05) is 10.5 Å². The second kappa shape index (κ2) is 8.35. The molecule has 0 bridgehead atoms. The smallest absolute Gasteiger partial charge is 0.416 e. The molecule has 0 saturated carbocycles. The average Bonchev–Trinajstić information content (AvgIpc) is 3.10. The molecule has 2 aromatic carbocycles. The first-order chi connectivity index (χ1) is 13.3. The molecule has 0 aliphatic carbocycles. The molecule has 4 nitrogen and oxygen atoms in total. The largest absolute Gasteiger partial charge is 0.448 e. The topological polar surface area (TPSA) is 54.6 Å². The van der Waals surface area contributed by atoms with Gasteiger partial charge < -0.3 is 4.42 Å². The first-order valence-electron chi connectivity index (χ1n) is 8.16. The molecule has 144 valence electrons. The maximum atomic E-state index is 12.7. The number of alkyl halides is 3. The maximum Gasteiger partial charge on any atom is 0.416 e. The van der Waals surface area contributed by atoms with Crippen LogP contribution in [0.5, 0.6) is 0 Å². The van der Waals surface area contributed by atoms with Crippen LogP contribution in [0.15, 0.2) is 80.2 Å². The summed E-state index contributed by atoms with van der Waals surface area (Å²) in [7, 11) is 0. The number of rotatable bonds is 5. The van der Waals surface area contributed by atoms with Crippen LogP contribution in [0, 0.1) is 6.92 Å². The fraction of sp³-hybridized carbons (Fsp3) is 0.100. The van der Waals surface area contributed by atoms with Crippen molar-refractivity contribution in [3.05, 3.63) is 83.1 Å². The number of furan rings is 1. The number of hydrazone groups is 1. The summed E-state index contributed by atoms with van der Waals surface area (Å²) >= 11 is 1.44. The number of aryl methyl sites for hydroxylation is 1. The minimum absolute atomic E-state index is 0.137. The minimum atomic E-state index is -4.51. The van der Waals surface area contributed by atoms with Crippen LogP contribution in [0.4, 0.5) is 13.2 Å². The lowest BCUT2D eigenvalue weighted by Crippen LogP contribution is -2.18. The highest BCUT2D eigenvalue weighted by molar-refractivity contribution is 7.99. The molecule has 3 rings (SSSR count). The van der Waals surface area contributed by atoms with E-state index >= 15 is 0 Å². The van der Waals surface area contributed by atoms with Gasteiger partial charge in [-0.3, -0.25) is 4.79 Å². The number of carbonyl (C=O) groups is 1. The van der Waals surface area contributed by atoms with Crippen molar-refractivity contribution in [3.8, 4) is 0 Å². The van der Waals surface area contributed by atoms with E-state index in [0.29, 0.717) is 10.9 Å². The molecule has 0 unspecified atom stereocenters. The predicted molar refractivity (Wildman–Crippen MR) is 101 cm³/mol. The first kappa shape index (κ1) is 19.8. The van der Waals surface area contributed by atoms with Gasteiger partial charge in [0.25, 0.3) is 5.91 Å². The Morgan fingerprint density at radius 1 is 1.11 bits per heavy atom. The molecule has 1 heterocycles. The summed E-state index contributed by atoms with van der Waals surface area (Å²) in [6, 6.07) is 15.5. The Morgan fingerprint density at radius 3 is 2.57 bits per heavy atom. The maximum absolute atomic E-state index is 12.7. The van der Waals surface area contributed by atoms with Crippen molar-refractivity contribution in [1.29, 1.82) is 0 Å². The Labute approximate surface area is 163 Å². The Hall–Kier alpha value is -3.00. The van der Waals surface area contributed by atoms with Crippen molar-refractivity contribution in [3.63, 3.8) is 0 Å². The summed E-state index contributed by atoms with van der Waals surface area (Å²) < 4.78 is 43.7. The second-order valence-electron chi connectivity index (χ2n) is 5.85. The van der Waals surface area contributed by atoms with E-state index in [9.17, 15) is 18.0 Å². The van der Waals surface area contributed by atoms with Crippen LogP contribution in [-0.4, -0.2) is 12.1 Å². The van der Waals surface area contributed by atoms with Crippen molar-refractivity contribution in [2.45, 2.75) is 23.1 Å². The Kier molecular flexibility index (Phi) is 5.89. The highest BCUT2D eigenvalue weighted by Crippen LogP contribution is 2.30. The number of carbonyl (C=O) groups excluding carboxylic acids is 1. The number of halogens is 3. The van der Waals surface area contributed by atoms with Crippen molar-refractivity contribution in [2.24, 2.45) is 5.10 Å². The summed E-state index contributed by atoms with van der Waals surface area (Å²) in [5, 5.41) is 4.38. The molecular formula is C20H15F3N2O2S. The lowest BCUT2D eigenvalue weighted by molar-refractivity contribution is -0.137. The van der Waals surface area contributed by atoms with Gasteiger partial charge >= 0.3 is 6.18 Å². The molecule has 0 saturated heterocycles. The van der Waals surface area contributed by atoms with Crippen molar-refractivity contribution in [1.82, 2.24) is 5.43 Å². The van der Waals surface area contributed by atoms with E-state index in [1.807, 2.05) is 31.2 Å². The summed E-state index contributed by atoms with van der Waals surface area (Å²) in [5.74, 6) is -0.345. The van der Waals surface area contributed by atoms with Crippen molar-refractivity contribution < 1.29 is 22.4 Å². The number of nitrogens with zero attached hydrogens (tertiary/aromatic N) is 1. The molecule has 1 amide bonds. The zero-order valence-corrected chi connectivity index (χ0v) is 15.5. The molecule has 0 fully saturated rings. The fourth-order valence-corrected chi connectivity index (χ4v) is 3.02. The molecule has 0 aliphatic heterocycles. The van der Waals surface area contributed by atoms with Crippen molar-refractivity contribution in [2.75, 3.05) is 0 Å². The van der Waals surface area contributed by atoms with E-state index in [-0.39, 0.29) is 5.56 Å². The van der Waals surface area contributed by atoms with Gasteiger partial charge in [0.15, 0.2) is 5.09 Å². The molecule has 8 heteroatoms. The number of amides is 1. The van der Waals surface area contributed by atoms with E-state index in [1.165, 1.54) is 30.1 Å². The Balaban J connectivity index is 1.60. The number of nitrogens with one attached hydrogen (secondary N) is 1. The van der Waals surface area contributed by atoms with Gasteiger partial charge in [0.2, 0.25) is 0 Å². The molecule has 1 N–H and O–H groups in total. The minimum Gasteiger partial charge on any atom is -0.448 e. The van der Waals surface area contributed by atoms with Crippen LogP contribution in [0.2, 0.25) is 0 Å². The van der Waals surface area contributed by atoms with Crippen molar-refractivity contribution >= 4 is 23.9 Å². The number of hydrogen-bond acceptors (Lipinski definition) is 4. The van der Waals surface area contributed by atoms with Gasteiger partial charge in [-0.1, -0.05) is 35.5 Å². The molecule has 28 heavy (non-hydrogen) atoms. The van der Waals surface area contributed by atoms with Crippen LogP contribution in [0.3, 0.4) is 0 Å². The molecule has 0 radical (unpaired) electrons. The average molecular weight is 404 g/mol. The summed E-state index contributed by atoms with van der Waals surface area (Å²) in [4.78, 5) is 13.0. The Morgan fingerprint density at radius 2 is 1.86 bits per heavy atom. The first-order valence-corrected chi connectivity index (χ1v) is 8.98. The van der Waals surface area contributed by atoms with Gasteiger partial charge in [-0.05, 0) is 49.4 Å². The predicted octanol–water partition coefficient (Wildman–Crippen LogP) is 5.52. The summed E-state index contributed by atoms with van der Waals surface area (Å²) in [6.07, 6.45) is -3.23. The number of hydrogen-bond donors (Lipinski definition) is 1. The molecular weight excluding hydrogens is 389 g/mol. The van der Waals surface area contributed by atoms with Crippen LogP contribution in [0.25, 0.3) is 0 Å².